The van der Waals surface area contributed by atoms with Crippen molar-refractivity contribution in [2.75, 3.05) is 56.6 Å². The van der Waals surface area contributed by atoms with E-state index in [4.69, 9.17) is 9.72 Å². The Balaban J connectivity index is 1.33. The summed E-state index contributed by atoms with van der Waals surface area (Å²) in [5.41, 5.74) is 7.55. The summed E-state index contributed by atoms with van der Waals surface area (Å²) in [5.74, 6) is -0.198. The lowest BCUT2D eigenvalue weighted by Crippen LogP contribution is -2.56. The van der Waals surface area contributed by atoms with Crippen LogP contribution in [0.3, 0.4) is 0 Å². The molecule has 0 saturated carbocycles. The number of pyridine rings is 1. The van der Waals surface area contributed by atoms with E-state index in [-0.39, 0.29) is 31.0 Å². The molecule has 0 radical (unpaired) electrons. The van der Waals surface area contributed by atoms with Crippen molar-refractivity contribution < 1.29 is 14.3 Å². The molecule has 1 N–H and O–H groups in total. The Morgan fingerprint density at radius 1 is 1.02 bits per heavy atom. The topological polar surface area (TPSA) is 105 Å². The predicted octanol–water partition coefficient (Wildman–Crippen LogP) is 5.84. The van der Waals surface area contributed by atoms with Gasteiger partial charge in [-0.1, -0.05) is 60.7 Å². The Labute approximate surface area is 295 Å². The number of fused-ring (bicyclic) bond motifs is 2. The highest BCUT2D eigenvalue weighted by Crippen LogP contribution is 2.38. The smallest absolute Gasteiger partial charge is 0.410 e. The highest BCUT2D eigenvalue weighted by Gasteiger charge is 2.36. The number of hydrogen-bond acceptors (Lipinski definition) is 8. The number of aromatic nitrogens is 1. The monoisotopic (exact) mass is 673 g/mol. The van der Waals surface area contributed by atoms with Gasteiger partial charge in [0.15, 0.2) is 0 Å². The molecule has 2 aliphatic heterocycles. The van der Waals surface area contributed by atoms with Gasteiger partial charge in [-0.2, -0.15) is 5.26 Å². The molecule has 0 unspecified atom stereocenters. The number of carbonyl (C=O) groups excluding carboxylic acids is 2. The summed E-state index contributed by atoms with van der Waals surface area (Å²) in [4.78, 5) is 40.7. The minimum absolute atomic E-state index is 0.0706. The Hall–Kier alpha value is -5.14. The third kappa shape index (κ3) is 7.38. The zero-order chi connectivity index (χ0) is 35.4. The first-order chi connectivity index (χ1) is 24.1. The van der Waals surface area contributed by atoms with E-state index >= 15 is 0 Å². The predicted molar refractivity (Wildman–Crippen MR) is 197 cm³/mol. The summed E-state index contributed by atoms with van der Waals surface area (Å²) in [6.07, 6.45) is 0.507. The van der Waals surface area contributed by atoms with Gasteiger partial charge in [-0.3, -0.25) is 4.79 Å². The number of nitrogens with one attached hydrogen (secondary N) is 1. The van der Waals surface area contributed by atoms with E-state index in [1.165, 1.54) is 16.3 Å². The van der Waals surface area contributed by atoms with Crippen LogP contribution in [-0.2, 0) is 24.3 Å². The van der Waals surface area contributed by atoms with E-state index in [0.29, 0.717) is 38.4 Å². The Kier molecular flexibility index (Phi) is 10.5. The molecule has 10 heteroatoms. The van der Waals surface area contributed by atoms with Gasteiger partial charge in [0, 0.05) is 66.7 Å². The minimum atomic E-state index is -0.418. The summed E-state index contributed by atoms with van der Waals surface area (Å²) in [6, 6.07) is 24.3. The molecule has 1 fully saturated rings. The molecule has 10 nitrogen and oxygen atoms in total. The second-order valence-electron chi connectivity index (χ2n) is 13.8. The van der Waals surface area contributed by atoms with Crippen LogP contribution in [0.1, 0.15) is 51.8 Å². The molecule has 2 atom stereocenters. The molecule has 2 amide bonds. The maximum absolute atomic E-state index is 13.9. The number of hydrogen-bond donors (Lipinski definition) is 1. The van der Waals surface area contributed by atoms with Crippen LogP contribution in [0.4, 0.5) is 16.2 Å². The SMILES string of the molecule is Cc1c(C(=O)N[C@H](C)CN(C)C)nc2c(c1N1CCN(C(=O)OCc3ccccc3)[C@@H](CC#N)C1)CCN(c1cccc3cccc(C)c13)C2. The fourth-order valence-corrected chi connectivity index (χ4v) is 7.55. The number of aryl methyl sites for hydroxylation is 1. The Bertz CT molecular complexity index is 1900. The summed E-state index contributed by atoms with van der Waals surface area (Å²) in [7, 11) is 3.98. The second-order valence-corrected chi connectivity index (χ2v) is 13.8. The number of carbonyl (C=O) groups is 2. The first-order valence-corrected chi connectivity index (χ1v) is 17.4. The molecule has 3 heterocycles. The molecule has 260 valence electrons. The van der Waals surface area contributed by atoms with E-state index in [1.807, 2.05) is 63.2 Å². The van der Waals surface area contributed by atoms with Crippen molar-refractivity contribution in [3.05, 3.63) is 100 Å². The molecule has 1 saturated heterocycles. The molecule has 0 bridgehead atoms. The fourth-order valence-electron chi connectivity index (χ4n) is 7.55. The maximum Gasteiger partial charge on any atom is 0.410 e. The quantitative estimate of drug-likeness (QED) is 0.237. The van der Waals surface area contributed by atoms with Crippen LogP contribution in [0.15, 0.2) is 66.7 Å². The number of nitriles is 1. The average molecular weight is 674 g/mol. The Morgan fingerprint density at radius 2 is 1.78 bits per heavy atom. The molecule has 3 aromatic carbocycles. The van der Waals surface area contributed by atoms with Crippen molar-refractivity contribution in [2.24, 2.45) is 0 Å². The normalized spacial score (nSPS) is 16.6. The van der Waals surface area contributed by atoms with Gasteiger partial charge in [0.05, 0.1) is 30.8 Å². The molecule has 50 heavy (non-hydrogen) atoms. The molecule has 6 rings (SSSR count). The third-order valence-electron chi connectivity index (χ3n) is 9.79. The van der Waals surface area contributed by atoms with Gasteiger partial charge in [0.25, 0.3) is 5.91 Å². The summed E-state index contributed by atoms with van der Waals surface area (Å²) < 4.78 is 5.69. The van der Waals surface area contributed by atoms with Gasteiger partial charge in [-0.25, -0.2) is 9.78 Å². The van der Waals surface area contributed by atoms with E-state index in [9.17, 15) is 14.9 Å². The number of rotatable bonds is 9. The molecule has 1 aromatic heterocycles. The minimum Gasteiger partial charge on any atom is -0.445 e. The standard InChI is InChI=1S/C40H47N7O3/c1-27-11-9-14-31-15-10-16-35(36(27)31)45-20-18-33-34(25-45)43-37(39(48)42-28(2)23-44(4)5)29(3)38(33)46-21-22-47(32(24-46)17-19-41)40(49)50-26-30-12-7-6-8-13-30/h6-16,28,32H,17-18,20-26H2,1-5H3,(H,42,48)/t28-,32+/m1/s1. The van der Waals surface area contributed by atoms with Crippen molar-refractivity contribution in [3.63, 3.8) is 0 Å². The number of benzene rings is 3. The number of ether oxygens (including phenoxy) is 1. The van der Waals surface area contributed by atoms with Crippen molar-refractivity contribution in [1.29, 1.82) is 5.26 Å². The van der Waals surface area contributed by atoms with E-state index in [1.54, 1.807) is 4.90 Å². The van der Waals surface area contributed by atoms with Crippen molar-refractivity contribution >= 4 is 34.1 Å². The van der Waals surface area contributed by atoms with Crippen LogP contribution in [0, 0.1) is 25.2 Å². The number of likely N-dealkylation sites (N-methyl/N-ethyl adjacent to an activating group) is 1. The van der Waals surface area contributed by atoms with Crippen molar-refractivity contribution in [3.8, 4) is 6.07 Å². The van der Waals surface area contributed by atoms with Crippen LogP contribution in [0.5, 0.6) is 0 Å². The van der Waals surface area contributed by atoms with Gasteiger partial charge in [0.1, 0.15) is 12.3 Å². The maximum atomic E-state index is 13.9. The van der Waals surface area contributed by atoms with E-state index in [0.717, 1.165) is 46.7 Å². The summed E-state index contributed by atoms with van der Waals surface area (Å²) >= 11 is 0. The average Bonchev–Trinajstić information content (AvgIpc) is 3.10. The highest BCUT2D eigenvalue weighted by atomic mass is 16.6. The number of piperazine rings is 1. The zero-order valence-electron chi connectivity index (χ0n) is 29.8. The van der Waals surface area contributed by atoms with E-state index in [2.05, 4.69) is 64.5 Å². The number of anilines is 2. The van der Waals surface area contributed by atoms with Gasteiger partial charge in [-0.05, 0) is 63.9 Å². The molecule has 2 aliphatic rings. The molecular weight excluding hydrogens is 626 g/mol. The highest BCUT2D eigenvalue weighted by molar-refractivity contribution is 5.98. The summed E-state index contributed by atoms with van der Waals surface area (Å²) in [6.45, 7) is 9.77. The third-order valence-corrected chi connectivity index (χ3v) is 9.79. The van der Waals surface area contributed by atoms with Crippen molar-refractivity contribution in [2.45, 2.75) is 58.8 Å². The van der Waals surface area contributed by atoms with E-state index < -0.39 is 6.09 Å². The lowest BCUT2D eigenvalue weighted by molar-refractivity contribution is 0.0768. The van der Waals surface area contributed by atoms with Gasteiger partial charge < -0.3 is 29.7 Å². The number of amides is 2. The van der Waals surface area contributed by atoms with Crippen LogP contribution in [-0.4, -0.2) is 85.7 Å². The van der Waals surface area contributed by atoms with Gasteiger partial charge in [-0.15, -0.1) is 0 Å². The molecule has 0 aliphatic carbocycles. The number of nitrogens with zero attached hydrogens (tertiary/aromatic N) is 6. The first-order valence-electron chi connectivity index (χ1n) is 17.4. The Morgan fingerprint density at radius 3 is 2.52 bits per heavy atom. The molecular formula is C40H47N7O3. The van der Waals surface area contributed by atoms with Crippen LogP contribution < -0.4 is 15.1 Å². The fraction of sp³-hybridized carbons (Fsp3) is 0.400. The van der Waals surface area contributed by atoms with Gasteiger partial charge in [0.2, 0.25) is 0 Å². The largest absolute Gasteiger partial charge is 0.445 e. The second kappa shape index (κ2) is 15.2. The van der Waals surface area contributed by atoms with Crippen LogP contribution >= 0.6 is 0 Å². The zero-order valence-corrected chi connectivity index (χ0v) is 29.8. The summed E-state index contributed by atoms with van der Waals surface area (Å²) in [5, 5.41) is 15.4. The molecule has 0 spiro atoms. The van der Waals surface area contributed by atoms with Crippen molar-refractivity contribution in [1.82, 2.24) is 20.1 Å². The first kappa shape index (κ1) is 34.7. The van der Waals surface area contributed by atoms with Gasteiger partial charge >= 0.3 is 6.09 Å². The van der Waals surface area contributed by atoms with Crippen LogP contribution in [0.25, 0.3) is 10.8 Å². The lowest BCUT2D eigenvalue weighted by Gasteiger charge is -2.43. The lowest BCUT2D eigenvalue weighted by atomic mass is 9.94. The van der Waals surface area contributed by atoms with Crippen LogP contribution in [0.2, 0.25) is 0 Å². The molecule has 4 aromatic rings.